The Labute approximate surface area is 243 Å². The monoisotopic (exact) mass is 662 g/mol. The number of halogens is 2. The highest BCUT2D eigenvalue weighted by Gasteiger charge is 2.36. The van der Waals surface area contributed by atoms with Gasteiger partial charge in [-0.1, -0.05) is 35.9 Å². The van der Waals surface area contributed by atoms with Gasteiger partial charge >= 0.3 is 0 Å². The first-order valence-corrected chi connectivity index (χ1v) is 14.0. The zero-order chi connectivity index (χ0) is 27.2. The Morgan fingerprint density at radius 2 is 1.87 bits per heavy atom. The summed E-state index contributed by atoms with van der Waals surface area (Å²) in [6.45, 7) is 4.16. The van der Waals surface area contributed by atoms with E-state index in [4.69, 9.17) is 21.1 Å². The first-order valence-electron chi connectivity index (χ1n) is 11.7. The summed E-state index contributed by atoms with van der Waals surface area (Å²) in [6, 6.07) is 18.3. The van der Waals surface area contributed by atoms with E-state index in [1.54, 1.807) is 30.3 Å². The molecule has 3 aromatic rings. The third kappa shape index (κ3) is 7.09. The maximum absolute atomic E-state index is 13.0. The topological polar surface area (TPSA) is 84.9 Å². The molecule has 0 bridgehead atoms. The van der Waals surface area contributed by atoms with E-state index in [1.807, 2.05) is 50.2 Å². The Morgan fingerprint density at radius 1 is 1.11 bits per heavy atom. The van der Waals surface area contributed by atoms with Crippen LogP contribution in [-0.4, -0.2) is 35.1 Å². The molecule has 10 heteroatoms. The predicted molar refractivity (Wildman–Crippen MR) is 159 cm³/mol. The number of rotatable bonds is 9. The number of carbonyl (C=O) groups excluding carboxylic acids is 3. The molecule has 1 aliphatic heterocycles. The molecule has 0 aliphatic carbocycles. The number of amides is 3. The molecule has 0 spiro atoms. The molecule has 1 N–H and O–H groups in total. The molecule has 7 nitrogen and oxygen atoms in total. The first kappa shape index (κ1) is 28.0. The summed E-state index contributed by atoms with van der Waals surface area (Å²) in [5.41, 5.74) is 3.22. The number of ether oxygens (including phenoxy) is 2. The average Bonchev–Trinajstić information content (AvgIpc) is 3.12. The summed E-state index contributed by atoms with van der Waals surface area (Å²) in [5, 5.41) is 2.88. The molecule has 0 aromatic heterocycles. The van der Waals surface area contributed by atoms with Crippen molar-refractivity contribution in [3.63, 3.8) is 0 Å². The number of hydrogen-bond donors (Lipinski definition) is 1. The van der Waals surface area contributed by atoms with Gasteiger partial charge in [-0.3, -0.25) is 19.3 Å². The van der Waals surface area contributed by atoms with E-state index in [9.17, 15) is 14.4 Å². The molecular weight excluding hydrogens is 639 g/mol. The van der Waals surface area contributed by atoms with Crippen LogP contribution in [0.3, 0.4) is 0 Å². The highest BCUT2D eigenvalue weighted by atomic mass is 127. The lowest BCUT2D eigenvalue weighted by Crippen LogP contribution is -2.36. The van der Waals surface area contributed by atoms with Crippen molar-refractivity contribution in [2.75, 3.05) is 18.5 Å². The van der Waals surface area contributed by atoms with Crippen LogP contribution >= 0.6 is 46.0 Å². The Kier molecular flexibility index (Phi) is 9.35. The summed E-state index contributed by atoms with van der Waals surface area (Å²) in [5.74, 6) is 0.141. The number of carbonyl (C=O) groups is 3. The van der Waals surface area contributed by atoms with Crippen LogP contribution in [0, 0.1) is 10.5 Å². The fourth-order valence-electron chi connectivity index (χ4n) is 3.67. The van der Waals surface area contributed by atoms with Gasteiger partial charge in [0.1, 0.15) is 13.2 Å². The lowest BCUT2D eigenvalue weighted by molar-refractivity contribution is -0.127. The molecule has 0 atom stereocenters. The van der Waals surface area contributed by atoms with Gasteiger partial charge in [-0.15, -0.1) is 0 Å². The van der Waals surface area contributed by atoms with Crippen molar-refractivity contribution in [1.82, 2.24) is 4.90 Å². The van der Waals surface area contributed by atoms with Crippen molar-refractivity contribution >= 4 is 74.8 Å². The maximum atomic E-state index is 13.0. The number of anilines is 1. The minimum atomic E-state index is -0.518. The van der Waals surface area contributed by atoms with E-state index in [0.29, 0.717) is 41.0 Å². The highest BCUT2D eigenvalue weighted by molar-refractivity contribution is 14.1. The second-order valence-electron chi connectivity index (χ2n) is 8.36. The number of benzene rings is 3. The molecule has 38 heavy (non-hydrogen) atoms. The number of hydrogen-bond acceptors (Lipinski definition) is 6. The van der Waals surface area contributed by atoms with E-state index < -0.39 is 17.1 Å². The molecule has 1 saturated heterocycles. The van der Waals surface area contributed by atoms with Gasteiger partial charge in [-0.2, -0.15) is 0 Å². The fourth-order valence-corrected chi connectivity index (χ4v) is 5.41. The first-order chi connectivity index (χ1) is 18.2. The third-order valence-corrected chi connectivity index (χ3v) is 7.36. The van der Waals surface area contributed by atoms with Crippen molar-refractivity contribution in [3.05, 3.63) is 90.9 Å². The van der Waals surface area contributed by atoms with Gasteiger partial charge in [0.15, 0.2) is 11.5 Å². The predicted octanol–water partition coefficient (Wildman–Crippen LogP) is 6.91. The van der Waals surface area contributed by atoms with Gasteiger partial charge in [0.05, 0.1) is 15.1 Å². The van der Waals surface area contributed by atoms with Crippen LogP contribution in [0.5, 0.6) is 11.5 Å². The zero-order valence-electron chi connectivity index (χ0n) is 20.6. The largest absolute Gasteiger partial charge is 0.490 e. The van der Waals surface area contributed by atoms with Crippen molar-refractivity contribution in [1.29, 1.82) is 0 Å². The summed E-state index contributed by atoms with van der Waals surface area (Å²) < 4.78 is 12.6. The number of aryl methyl sites for hydroxylation is 1. The number of nitrogens with zero attached hydrogens (tertiary/aromatic N) is 1. The molecule has 3 aromatic carbocycles. The van der Waals surface area contributed by atoms with Crippen LogP contribution in [0.2, 0.25) is 5.02 Å². The van der Waals surface area contributed by atoms with E-state index in [1.165, 1.54) is 0 Å². The molecule has 196 valence electrons. The van der Waals surface area contributed by atoms with Gasteiger partial charge in [0.25, 0.3) is 11.1 Å². The van der Waals surface area contributed by atoms with Gasteiger partial charge in [-0.25, -0.2) is 0 Å². The van der Waals surface area contributed by atoms with Crippen LogP contribution in [0.25, 0.3) is 6.08 Å². The van der Waals surface area contributed by atoms with Crippen LogP contribution in [0.15, 0.2) is 65.6 Å². The molecule has 0 radical (unpaired) electrons. The Bertz CT molecular complexity index is 1410. The van der Waals surface area contributed by atoms with Gasteiger partial charge < -0.3 is 14.8 Å². The molecule has 1 aliphatic rings. The quantitative estimate of drug-likeness (QED) is 0.198. The van der Waals surface area contributed by atoms with Crippen molar-refractivity contribution in [2.45, 2.75) is 20.5 Å². The second kappa shape index (κ2) is 12.7. The SMILES string of the molecule is CCOc1cc(/C=C2\SC(=O)N(CC(=O)Nc3cccc(C)c3)C2=O)cc(I)c1OCc1ccc(Cl)cc1. The van der Waals surface area contributed by atoms with Crippen molar-refractivity contribution in [2.24, 2.45) is 0 Å². The molecule has 1 heterocycles. The van der Waals surface area contributed by atoms with Crippen molar-refractivity contribution in [3.8, 4) is 11.5 Å². The van der Waals surface area contributed by atoms with Gasteiger partial charge in [0, 0.05) is 10.7 Å². The molecular formula is C28H24ClIN2O5S. The van der Waals surface area contributed by atoms with Crippen molar-refractivity contribution < 1.29 is 23.9 Å². The molecule has 3 amide bonds. The van der Waals surface area contributed by atoms with Crippen LogP contribution < -0.4 is 14.8 Å². The minimum Gasteiger partial charge on any atom is -0.490 e. The summed E-state index contributed by atoms with van der Waals surface area (Å²) >= 11 is 8.91. The van der Waals surface area contributed by atoms with Gasteiger partial charge in [0.2, 0.25) is 5.91 Å². The lowest BCUT2D eigenvalue weighted by atomic mass is 10.1. The molecule has 0 unspecified atom stereocenters. The van der Waals surface area contributed by atoms with E-state index in [0.717, 1.165) is 31.4 Å². The fraction of sp³-hybridized carbons (Fsp3) is 0.179. The maximum Gasteiger partial charge on any atom is 0.294 e. The summed E-state index contributed by atoms with van der Waals surface area (Å²) in [6.07, 6.45) is 1.62. The number of thioether (sulfide) groups is 1. The molecule has 1 fully saturated rings. The Hall–Kier alpha value is -3.02. The number of nitrogens with one attached hydrogen (secondary N) is 1. The highest BCUT2D eigenvalue weighted by Crippen LogP contribution is 2.38. The lowest BCUT2D eigenvalue weighted by Gasteiger charge is -2.15. The van der Waals surface area contributed by atoms with E-state index in [-0.39, 0.29) is 11.4 Å². The van der Waals surface area contributed by atoms with E-state index in [2.05, 4.69) is 27.9 Å². The van der Waals surface area contributed by atoms with Crippen LogP contribution in [0.1, 0.15) is 23.6 Å². The summed E-state index contributed by atoms with van der Waals surface area (Å²) in [7, 11) is 0. The Morgan fingerprint density at radius 3 is 2.58 bits per heavy atom. The normalized spacial score (nSPS) is 14.2. The second-order valence-corrected chi connectivity index (χ2v) is 11.0. The standard InChI is InChI=1S/C28H24ClIN2O5S/c1-3-36-23-13-19(12-22(30)26(23)37-16-18-7-9-20(29)10-8-18)14-24-27(34)32(28(35)38-24)15-25(33)31-21-6-4-5-17(2)11-21/h4-14H,3,15-16H2,1-2H3,(H,31,33)/b24-14-. The smallest absolute Gasteiger partial charge is 0.294 e. The zero-order valence-corrected chi connectivity index (χ0v) is 24.4. The molecule has 0 saturated carbocycles. The van der Waals surface area contributed by atoms with E-state index >= 15 is 0 Å². The Balaban J connectivity index is 1.48. The third-order valence-electron chi connectivity index (χ3n) is 5.40. The van der Waals surface area contributed by atoms with Gasteiger partial charge in [-0.05, 0) is 107 Å². The van der Waals surface area contributed by atoms with Crippen LogP contribution in [0.4, 0.5) is 10.5 Å². The average molecular weight is 663 g/mol. The minimum absolute atomic E-state index is 0.228. The number of imide groups is 1. The summed E-state index contributed by atoms with van der Waals surface area (Å²) in [4.78, 5) is 39.2. The van der Waals surface area contributed by atoms with Crippen LogP contribution in [-0.2, 0) is 16.2 Å². The molecule has 4 rings (SSSR count).